The van der Waals surface area contributed by atoms with Crippen LogP contribution in [0.5, 0.6) is 0 Å². The summed E-state index contributed by atoms with van der Waals surface area (Å²) >= 11 is 0. The van der Waals surface area contributed by atoms with Gasteiger partial charge in [-0.15, -0.1) is 0 Å². The molecule has 0 saturated carbocycles. The molecule has 1 heterocycles. The van der Waals surface area contributed by atoms with Crippen LogP contribution in [0.4, 0.5) is 0 Å². The van der Waals surface area contributed by atoms with Crippen molar-refractivity contribution >= 4 is 0 Å². The monoisotopic (exact) mass is 187 g/mol. The second-order valence-electron chi connectivity index (χ2n) is 2.84. The van der Waals surface area contributed by atoms with Crippen molar-refractivity contribution in [2.24, 2.45) is 11.5 Å². The van der Waals surface area contributed by atoms with Gasteiger partial charge in [-0.2, -0.15) is 10.4 Å². The SMILES string of the molecule is CN1ONCC(NCCCN)=C1N. The molecule has 76 valence electrons. The van der Waals surface area contributed by atoms with Gasteiger partial charge in [-0.1, -0.05) is 0 Å². The van der Waals surface area contributed by atoms with E-state index in [0.717, 1.165) is 18.7 Å². The molecule has 6 N–H and O–H groups in total. The van der Waals surface area contributed by atoms with Gasteiger partial charge in [0, 0.05) is 13.6 Å². The zero-order chi connectivity index (χ0) is 9.68. The lowest BCUT2D eigenvalue weighted by atomic mass is 10.3. The van der Waals surface area contributed by atoms with E-state index in [0.29, 0.717) is 18.9 Å². The molecule has 0 spiro atoms. The van der Waals surface area contributed by atoms with E-state index in [9.17, 15) is 0 Å². The highest BCUT2D eigenvalue weighted by Crippen LogP contribution is 2.04. The summed E-state index contributed by atoms with van der Waals surface area (Å²) in [7, 11) is 1.74. The molecule has 0 unspecified atom stereocenters. The lowest BCUT2D eigenvalue weighted by Gasteiger charge is -2.27. The molecule has 0 radical (unpaired) electrons. The van der Waals surface area contributed by atoms with E-state index in [1.54, 1.807) is 7.05 Å². The van der Waals surface area contributed by atoms with Crippen LogP contribution in [0.15, 0.2) is 11.5 Å². The molecule has 0 saturated heterocycles. The molecule has 1 aliphatic heterocycles. The molecule has 0 aromatic carbocycles. The third kappa shape index (κ3) is 2.76. The smallest absolute Gasteiger partial charge is 0.146 e. The van der Waals surface area contributed by atoms with E-state index in [4.69, 9.17) is 16.4 Å². The third-order valence-corrected chi connectivity index (χ3v) is 1.82. The summed E-state index contributed by atoms with van der Waals surface area (Å²) in [5.74, 6) is 0.607. The number of nitrogens with zero attached hydrogens (tertiary/aromatic N) is 1. The van der Waals surface area contributed by atoms with Crippen molar-refractivity contribution in [1.29, 1.82) is 0 Å². The van der Waals surface area contributed by atoms with Crippen molar-refractivity contribution in [1.82, 2.24) is 15.9 Å². The first-order valence-electron chi connectivity index (χ1n) is 4.32. The zero-order valence-electron chi connectivity index (χ0n) is 7.84. The van der Waals surface area contributed by atoms with Gasteiger partial charge in [0.25, 0.3) is 0 Å². The maximum absolute atomic E-state index is 5.75. The Morgan fingerprint density at radius 3 is 3.15 bits per heavy atom. The Hall–Kier alpha value is -0.980. The number of rotatable bonds is 4. The Kier molecular flexibility index (Phi) is 3.81. The molecule has 0 fully saturated rings. The Morgan fingerprint density at radius 1 is 1.69 bits per heavy atom. The van der Waals surface area contributed by atoms with Gasteiger partial charge in [-0.05, 0) is 13.0 Å². The summed E-state index contributed by atoms with van der Waals surface area (Å²) < 4.78 is 0. The van der Waals surface area contributed by atoms with Crippen LogP contribution in [0, 0.1) is 0 Å². The normalized spacial score (nSPS) is 17.8. The van der Waals surface area contributed by atoms with Gasteiger partial charge in [0.2, 0.25) is 0 Å². The van der Waals surface area contributed by atoms with E-state index in [-0.39, 0.29) is 0 Å². The van der Waals surface area contributed by atoms with Crippen LogP contribution in [-0.2, 0) is 4.94 Å². The van der Waals surface area contributed by atoms with Gasteiger partial charge in [0.1, 0.15) is 5.82 Å². The number of nitrogens with one attached hydrogen (secondary N) is 2. The number of nitrogens with two attached hydrogens (primary N) is 2. The van der Waals surface area contributed by atoms with Crippen molar-refractivity contribution in [2.45, 2.75) is 6.42 Å². The summed E-state index contributed by atoms with van der Waals surface area (Å²) in [6.07, 6.45) is 0.932. The van der Waals surface area contributed by atoms with Gasteiger partial charge >= 0.3 is 0 Å². The van der Waals surface area contributed by atoms with Crippen LogP contribution >= 0.6 is 0 Å². The minimum Gasteiger partial charge on any atom is -0.384 e. The van der Waals surface area contributed by atoms with E-state index in [1.807, 2.05) is 0 Å². The molecule has 0 bridgehead atoms. The van der Waals surface area contributed by atoms with Crippen molar-refractivity contribution in [3.05, 3.63) is 11.5 Å². The van der Waals surface area contributed by atoms with Gasteiger partial charge in [0.05, 0.1) is 12.2 Å². The predicted molar refractivity (Wildman–Crippen MR) is 49.7 cm³/mol. The van der Waals surface area contributed by atoms with Gasteiger partial charge in [0.15, 0.2) is 0 Å². The van der Waals surface area contributed by atoms with E-state index in [2.05, 4.69) is 10.8 Å². The topological polar surface area (TPSA) is 88.6 Å². The Bertz CT molecular complexity index is 193. The Labute approximate surface area is 77.8 Å². The molecule has 6 heteroatoms. The average Bonchev–Trinajstić information content (AvgIpc) is 2.13. The van der Waals surface area contributed by atoms with Crippen LogP contribution in [-0.4, -0.2) is 31.7 Å². The average molecular weight is 187 g/mol. The first-order chi connectivity index (χ1) is 6.25. The zero-order valence-corrected chi connectivity index (χ0v) is 7.84. The maximum atomic E-state index is 5.75. The van der Waals surface area contributed by atoms with Gasteiger partial charge in [-0.25, -0.2) is 5.06 Å². The lowest BCUT2D eigenvalue weighted by Crippen LogP contribution is -2.43. The van der Waals surface area contributed by atoms with Crippen molar-refractivity contribution in [3.63, 3.8) is 0 Å². The standard InChI is InChI=1S/C7H17N5O/c1-12-7(9)6(5-11-13-12)10-4-2-3-8/h10-11H,2-5,8-9H2,1H3. The molecule has 6 nitrogen and oxygen atoms in total. The quantitative estimate of drug-likeness (QED) is 0.398. The Balaban J connectivity index is 2.41. The first-order valence-corrected chi connectivity index (χ1v) is 4.32. The number of hydrogen-bond acceptors (Lipinski definition) is 6. The Morgan fingerprint density at radius 2 is 2.46 bits per heavy atom. The highest BCUT2D eigenvalue weighted by Gasteiger charge is 2.13. The van der Waals surface area contributed by atoms with E-state index in [1.165, 1.54) is 5.06 Å². The fourth-order valence-electron chi connectivity index (χ4n) is 1.03. The molecule has 0 atom stereocenters. The van der Waals surface area contributed by atoms with Crippen LogP contribution in [0.25, 0.3) is 0 Å². The van der Waals surface area contributed by atoms with Gasteiger partial charge in [-0.3, -0.25) is 0 Å². The summed E-state index contributed by atoms with van der Waals surface area (Å²) in [5, 5.41) is 4.67. The summed E-state index contributed by atoms with van der Waals surface area (Å²) in [5.41, 5.74) is 14.8. The maximum Gasteiger partial charge on any atom is 0.146 e. The molecule has 0 aromatic rings. The molecule has 0 amide bonds. The predicted octanol–water partition coefficient (Wildman–Crippen LogP) is -1.57. The van der Waals surface area contributed by atoms with Crippen molar-refractivity contribution < 1.29 is 4.94 Å². The number of hydroxylamine groups is 3. The molecule has 1 rings (SSSR count). The number of hydrogen-bond donors (Lipinski definition) is 4. The largest absolute Gasteiger partial charge is 0.384 e. The molecular formula is C7H17N5O. The van der Waals surface area contributed by atoms with Gasteiger partial charge < -0.3 is 16.8 Å². The van der Waals surface area contributed by atoms with Crippen LogP contribution in [0.1, 0.15) is 6.42 Å². The summed E-state index contributed by atoms with van der Waals surface area (Å²) in [6, 6.07) is 0. The molecule has 13 heavy (non-hydrogen) atoms. The minimum atomic E-state index is 0.598. The third-order valence-electron chi connectivity index (χ3n) is 1.82. The highest BCUT2D eigenvalue weighted by molar-refractivity contribution is 5.09. The van der Waals surface area contributed by atoms with Crippen LogP contribution in [0.2, 0.25) is 0 Å². The molecular weight excluding hydrogens is 170 g/mol. The fraction of sp³-hybridized carbons (Fsp3) is 0.714. The van der Waals surface area contributed by atoms with E-state index >= 15 is 0 Å². The van der Waals surface area contributed by atoms with Crippen molar-refractivity contribution in [3.8, 4) is 0 Å². The molecule has 1 aliphatic rings. The van der Waals surface area contributed by atoms with Crippen molar-refractivity contribution in [2.75, 3.05) is 26.7 Å². The minimum absolute atomic E-state index is 0.598. The second-order valence-corrected chi connectivity index (χ2v) is 2.84. The summed E-state index contributed by atoms with van der Waals surface area (Å²) in [6.45, 7) is 2.11. The summed E-state index contributed by atoms with van der Waals surface area (Å²) in [4.78, 5) is 4.96. The fourth-order valence-corrected chi connectivity index (χ4v) is 1.03. The molecule has 0 aliphatic carbocycles. The van der Waals surface area contributed by atoms with Crippen LogP contribution in [0.3, 0.4) is 0 Å². The molecule has 0 aromatic heterocycles. The highest BCUT2D eigenvalue weighted by atomic mass is 16.8. The lowest BCUT2D eigenvalue weighted by molar-refractivity contribution is -0.180. The second kappa shape index (κ2) is 4.90. The van der Waals surface area contributed by atoms with Crippen LogP contribution < -0.4 is 22.3 Å². The first kappa shape index (κ1) is 10.1. The van der Waals surface area contributed by atoms with E-state index < -0.39 is 0 Å².